The zero-order chi connectivity index (χ0) is 19.5. The van der Waals surface area contributed by atoms with Crippen molar-refractivity contribution in [3.8, 4) is 5.75 Å². The normalized spacial score (nSPS) is 15.3. The number of carbonyl (C=O) groups is 2. The van der Waals surface area contributed by atoms with Crippen LogP contribution >= 0.6 is 11.6 Å². The SMILES string of the molecule is COC(=O)CCCNC(=O)CN1CCN(CCOc2ccccc2Cl)CC1. The van der Waals surface area contributed by atoms with Gasteiger partial charge in [0.15, 0.2) is 0 Å². The topological polar surface area (TPSA) is 71.1 Å². The quantitative estimate of drug-likeness (QED) is 0.475. The van der Waals surface area contributed by atoms with E-state index in [9.17, 15) is 9.59 Å². The molecule has 1 aliphatic heterocycles. The van der Waals surface area contributed by atoms with E-state index in [1.165, 1.54) is 7.11 Å². The number of hydrogen-bond acceptors (Lipinski definition) is 6. The van der Waals surface area contributed by atoms with Crippen LogP contribution in [0.25, 0.3) is 0 Å². The molecule has 150 valence electrons. The molecule has 0 atom stereocenters. The van der Waals surface area contributed by atoms with Gasteiger partial charge in [-0.25, -0.2) is 0 Å². The number of halogens is 1. The third-order valence-electron chi connectivity index (χ3n) is 4.44. The second kappa shape index (κ2) is 11.8. The van der Waals surface area contributed by atoms with Crippen molar-refractivity contribution in [2.75, 3.05) is 59.5 Å². The minimum Gasteiger partial charge on any atom is -0.491 e. The Hall–Kier alpha value is -1.83. The van der Waals surface area contributed by atoms with E-state index in [2.05, 4.69) is 19.9 Å². The van der Waals surface area contributed by atoms with Crippen LogP contribution in [-0.4, -0.2) is 81.2 Å². The van der Waals surface area contributed by atoms with Crippen molar-refractivity contribution in [1.82, 2.24) is 15.1 Å². The molecule has 0 radical (unpaired) electrons. The Balaban J connectivity index is 1.55. The van der Waals surface area contributed by atoms with E-state index in [4.69, 9.17) is 16.3 Å². The van der Waals surface area contributed by atoms with Crippen LogP contribution in [-0.2, 0) is 14.3 Å². The highest BCUT2D eigenvalue weighted by molar-refractivity contribution is 6.32. The van der Waals surface area contributed by atoms with Crippen LogP contribution in [0.5, 0.6) is 5.75 Å². The van der Waals surface area contributed by atoms with Gasteiger partial charge in [-0.2, -0.15) is 0 Å². The average molecular weight is 398 g/mol. The van der Waals surface area contributed by atoms with Gasteiger partial charge in [-0.3, -0.25) is 19.4 Å². The first-order valence-electron chi connectivity index (χ1n) is 9.24. The highest BCUT2D eigenvalue weighted by Gasteiger charge is 2.18. The summed E-state index contributed by atoms with van der Waals surface area (Å²) in [4.78, 5) is 27.4. The number of hydrogen-bond donors (Lipinski definition) is 1. The maximum Gasteiger partial charge on any atom is 0.305 e. The maximum atomic E-state index is 12.0. The van der Waals surface area contributed by atoms with E-state index in [1.807, 2.05) is 24.3 Å². The number of piperazine rings is 1. The van der Waals surface area contributed by atoms with Gasteiger partial charge in [0, 0.05) is 45.7 Å². The minimum atomic E-state index is -0.251. The Morgan fingerprint density at radius 3 is 2.56 bits per heavy atom. The fourth-order valence-electron chi connectivity index (χ4n) is 2.84. The maximum absolute atomic E-state index is 12.0. The van der Waals surface area contributed by atoms with Crippen LogP contribution in [0.4, 0.5) is 0 Å². The molecule has 0 spiro atoms. The standard InChI is InChI=1S/C19H28ClN3O4/c1-26-19(25)7-4-8-21-18(24)15-23-11-9-22(10-12-23)13-14-27-17-6-3-2-5-16(17)20/h2-3,5-6H,4,7-15H2,1H3,(H,21,24). The Morgan fingerprint density at radius 1 is 1.15 bits per heavy atom. The Kier molecular flexibility index (Phi) is 9.38. The molecule has 0 aromatic heterocycles. The van der Waals surface area contributed by atoms with Gasteiger partial charge in [0.05, 0.1) is 18.7 Å². The van der Waals surface area contributed by atoms with Gasteiger partial charge in [0.1, 0.15) is 12.4 Å². The summed E-state index contributed by atoms with van der Waals surface area (Å²) in [6.07, 6.45) is 0.920. The number of rotatable bonds is 10. The number of ether oxygens (including phenoxy) is 2. The van der Waals surface area contributed by atoms with Crippen molar-refractivity contribution in [1.29, 1.82) is 0 Å². The Morgan fingerprint density at radius 2 is 1.85 bits per heavy atom. The summed E-state index contributed by atoms with van der Waals surface area (Å²) in [5, 5.41) is 3.47. The lowest BCUT2D eigenvalue weighted by Gasteiger charge is -2.34. The van der Waals surface area contributed by atoms with Gasteiger partial charge in [-0.1, -0.05) is 23.7 Å². The van der Waals surface area contributed by atoms with E-state index < -0.39 is 0 Å². The van der Waals surface area contributed by atoms with E-state index in [0.717, 1.165) is 32.7 Å². The van der Waals surface area contributed by atoms with Crippen molar-refractivity contribution < 1.29 is 19.1 Å². The monoisotopic (exact) mass is 397 g/mol. The van der Waals surface area contributed by atoms with Gasteiger partial charge in [0.25, 0.3) is 0 Å². The molecule has 8 heteroatoms. The molecule has 1 N–H and O–H groups in total. The number of nitrogens with zero attached hydrogens (tertiary/aromatic N) is 2. The molecule has 1 fully saturated rings. The molecule has 1 aliphatic rings. The van der Waals surface area contributed by atoms with Crippen LogP contribution in [0, 0.1) is 0 Å². The third-order valence-corrected chi connectivity index (χ3v) is 4.75. The van der Waals surface area contributed by atoms with Crippen LogP contribution < -0.4 is 10.1 Å². The fourth-order valence-corrected chi connectivity index (χ4v) is 3.03. The van der Waals surface area contributed by atoms with Gasteiger partial charge in [-0.05, 0) is 18.6 Å². The van der Waals surface area contributed by atoms with Crippen LogP contribution in [0.15, 0.2) is 24.3 Å². The molecule has 0 bridgehead atoms. The van der Waals surface area contributed by atoms with Crippen molar-refractivity contribution in [2.45, 2.75) is 12.8 Å². The summed E-state index contributed by atoms with van der Waals surface area (Å²) >= 11 is 6.08. The number of methoxy groups -OCH3 is 1. The van der Waals surface area contributed by atoms with Crippen LogP contribution in [0.3, 0.4) is 0 Å². The van der Waals surface area contributed by atoms with E-state index >= 15 is 0 Å². The van der Waals surface area contributed by atoms with Gasteiger partial charge in [0.2, 0.25) is 5.91 Å². The lowest BCUT2D eigenvalue weighted by Crippen LogP contribution is -2.50. The zero-order valence-electron chi connectivity index (χ0n) is 15.8. The molecule has 1 amide bonds. The summed E-state index contributed by atoms with van der Waals surface area (Å²) in [5.74, 6) is 0.455. The summed E-state index contributed by atoms with van der Waals surface area (Å²) < 4.78 is 10.3. The molecule has 27 heavy (non-hydrogen) atoms. The van der Waals surface area contributed by atoms with E-state index in [-0.39, 0.29) is 11.9 Å². The zero-order valence-corrected chi connectivity index (χ0v) is 16.5. The molecule has 1 saturated heterocycles. The van der Waals surface area contributed by atoms with Gasteiger partial charge < -0.3 is 14.8 Å². The molecule has 1 heterocycles. The van der Waals surface area contributed by atoms with Crippen molar-refractivity contribution >= 4 is 23.5 Å². The summed E-state index contributed by atoms with van der Waals surface area (Å²) in [5.41, 5.74) is 0. The molecule has 0 unspecified atom stereocenters. The first kappa shape index (κ1) is 21.5. The van der Waals surface area contributed by atoms with Crippen LogP contribution in [0.1, 0.15) is 12.8 Å². The molecule has 1 aromatic rings. The van der Waals surface area contributed by atoms with Crippen molar-refractivity contribution in [3.05, 3.63) is 29.3 Å². The fraction of sp³-hybridized carbons (Fsp3) is 0.579. The molecule has 2 rings (SSSR count). The molecule has 7 nitrogen and oxygen atoms in total. The van der Waals surface area contributed by atoms with Gasteiger partial charge >= 0.3 is 5.97 Å². The smallest absolute Gasteiger partial charge is 0.305 e. The molecule has 0 saturated carbocycles. The molecular formula is C19H28ClN3O4. The number of esters is 1. The average Bonchev–Trinajstić information content (AvgIpc) is 2.68. The number of carbonyl (C=O) groups excluding carboxylic acids is 2. The largest absolute Gasteiger partial charge is 0.491 e. The Bertz CT molecular complexity index is 606. The first-order valence-corrected chi connectivity index (χ1v) is 9.62. The highest BCUT2D eigenvalue weighted by Crippen LogP contribution is 2.22. The summed E-state index contributed by atoms with van der Waals surface area (Å²) in [6.45, 7) is 5.81. The lowest BCUT2D eigenvalue weighted by molar-refractivity contribution is -0.140. The highest BCUT2D eigenvalue weighted by atomic mass is 35.5. The van der Waals surface area contributed by atoms with Crippen LogP contribution in [0.2, 0.25) is 5.02 Å². The van der Waals surface area contributed by atoms with Crippen molar-refractivity contribution in [2.24, 2.45) is 0 Å². The van der Waals surface area contributed by atoms with Gasteiger partial charge in [-0.15, -0.1) is 0 Å². The van der Waals surface area contributed by atoms with Crippen molar-refractivity contribution in [3.63, 3.8) is 0 Å². The second-order valence-corrected chi connectivity index (χ2v) is 6.83. The Labute approximate surface area is 165 Å². The number of para-hydroxylation sites is 1. The predicted molar refractivity (Wildman–Crippen MR) is 104 cm³/mol. The second-order valence-electron chi connectivity index (χ2n) is 6.43. The summed E-state index contributed by atoms with van der Waals surface area (Å²) in [6, 6.07) is 7.46. The number of nitrogens with one attached hydrogen (secondary N) is 1. The van der Waals surface area contributed by atoms with E-state index in [1.54, 1.807) is 0 Å². The first-order chi connectivity index (χ1) is 13.1. The molecule has 0 aliphatic carbocycles. The molecular weight excluding hydrogens is 370 g/mol. The number of benzene rings is 1. The summed E-state index contributed by atoms with van der Waals surface area (Å²) in [7, 11) is 1.36. The number of amides is 1. The molecule has 1 aromatic carbocycles. The third kappa shape index (κ3) is 8.15. The predicted octanol–water partition coefficient (Wildman–Crippen LogP) is 1.41. The van der Waals surface area contributed by atoms with E-state index in [0.29, 0.717) is 43.3 Å². The lowest BCUT2D eigenvalue weighted by atomic mass is 10.3. The minimum absolute atomic E-state index is 0.00429.